The molecule has 4 rings (SSSR count). The molecule has 1 amide bonds. The van der Waals surface area contributed by atoms with E-state index in [2.05, 4.69) is 4.90 Å². The lowest BCUT2D eigenvalue weighted by molar-refractivity contribution is -0.0765. The van der Waals surface area contributed by atoms with Crippen LogP contribution in [-0.4, -0.2) is 67.9 Å². The molecule has 6 nitrogen and oxygen atoms in total. The molecule has 30 heavy (non-hydrogen) atoms. The van der Waals surface area contributed by atoms with Gasteiger partial charge in [0, 0.05) is 43.9 Å². The van der Waals surface area contributed by atoms with Crippen LogP contribution in [0.1, 0.15) is 51.0 Å². The Morgan fingerprint density at radius 2 is 1.80 bits per heavy atom. The quantitative estimate of drug-likeness (QED) is 0.723. The highest BCUT2D eigenvalue weighted by molar-refractivity contribution is 5.69. The van der Waals surface area contributed by atoms with Crippen molar-refractivity contribution in [2.45, 2.75) is 69.2 Å². The maximum Gasteiger partial charge on any atom is 0.410 e. The number of carbonyl (C=O) groups excluding carboxylic acids is 1. The zero-order chi connectivity index (χ0) is 21.3. The van der Waals surface area contributed by atoms with Crippen LogP contribution in [0.3, 0.4) is 0 Å². The standard InChI is InChI=1S/C23H33FN2O4/c1-4-30-22(27)26-17-6-7-18(26)15-19(14-17)25-11-9-23(29-3,10-12-25)20-13-16(24)5-8-21(20)28-2/h5,8,13,17-19H,4,6-7,9-12,14-15H2,1-3H3. The summed E-state index contributed by atoms with van der Waals surface area (Å²) in [6.45, 7) is 4.05. The molecule has 3 aliphatic heterocycles. The second-order valence-electron chi connectivity index (χ2n) is 8.70. The van der Waals surface area contributed by atoms with Crippen LogP contribution in [0.25, 0.3) is 0 Å². The van der Waals surface area contributed by atoms with Crippen molar-refractivity contribution in [2.24, 2.45) is 0 Å². The van der Waals surface area contributed by atoms with Crippen LogP contribution in [0.4, 0.5) is 9.18 Å². The highest BCUT2D eigenvalue weighted by atomic mass is 19.1. The number of piperidine rings is 2. The molecule has 2 bridgehead atoms. The first-order valence-corrected chi connectivity index (χ1v) is 11.1. The van der Waals surface area contributed by atoms with Gasteiger partial charge in [0.15, 0.2) is 0 Å². The molecule has 3 heterocycles. The number of hydrogen-bond acceptors (Lipinski definition) is 5. The molecule has 0 radical (unpaired) electrons. The van der Waals surface area contributed by atoms with Gasteiger partial charge < -0.3 is 19.1 Å². The number of nitrogens with zero attached hydrogens (tertiary/aromatic N) is 2. The van der Waals surface area contributed by atoms with Gasteiger partial charge in [-0.1, -0.05) is 0 Å². The van der Waals surface area contributed by atoms with Gasteiger partial charge in [0.2, 0.25) is 0 Å². The maximum absolute atomic E-state index is 14.0. The monoisotopic (exact) mass is 420 g/mol. The number of halogens is 1. The third-order valence-corrected chi connectivity index (χ3v) is 7.35. The lowest BCUT2D eigenvalue weighted by Crippen LogP contribution is -2.55. The van der Waals surface area contributed by atoms with E-state index in [4.69, 9.17) is 14.2 Å². The van der Waals surface area contributed by atoms with Gasteiger partial charge in [-0.3, -0.25) is 4.90 Å². The number of benzene rings is 1. The Morgan fingerprint density at radius 3 is 2.37 bits per heavy atom. The van der Waals surface area contributed by atoms with E-state index in [0.29, 0.717) is 18.4 Å². The Morgan fingerprint density at radius 1 is 1.13 bits per heavy atom. The molecule has 1 aromatic rings. The Kier molecular flexibility index (Phi) is 6.21. The van der Waals surface area contributed by atoms with Crippen molar-refractivity contribution in [3.63, 3.8) is 0 Å². The van der Waals surface area contributed by atoms with Gasteiger partial charge in [0.25, 0.3) is 0 Å². The van der Waals surface area contributed by atoms with Gasteiger partial charge in [0.1, 0.15) is 11.6 Å². The molecule has 0 spiro atoms. The van der Waals surface area contributed by atoms with Crippen LogP contribution in [0.15, 0.2) is 18.2 Å². The lowest BCUT2D eigenvalue weighted by Gasteiger charge is -2.47. The molecule has 0 N–H and O–H groups in total. The van der Waals surface area contributed by atoms with Crippen molar-refractivity contribution in [1.29, 1.82) is 0 Å². The Balaban J connectivity index is 1.44. The second-order valence-corrected chi connectivity index (χ2v) is 8.70. The number of methoxy groups -OCH3 is 2. The van der Waals surface area contributed by atoms with E-state index in [-0.39, 0.29) is 24.0 Å². The molecule has 0 aromatic heterocycles. The fraction of sp³-hybridized carbons (Fsp3) is 0.696. The Bertz CT molecular complexity index is 752. The highest BCUT2D eigenvalue weighted by Gasteiger charge is 2.47. The summed E-state index contributed by atoms with van der Waals surface area (Å²) in [7, 11) is 3.32. The third kappa shape index (κ3) is 3.78. The van der Waals surface area contributed by atoms with Crippen molar-refractivity contribution in [3.05, 3.63) is 29.6 Å². The van der Waals surface area contributed by atoms with E-state index in [9.17, 15) is 9.18 Å². The summed E-state index contributed by atoms with van der Waals surface area (Å²) >= 11 is 0. The van der Waals surface area contributed by atoms with Crippen molar-refractivity contribution in [2.75, 3.05) is 33.9 Å². The summed E-state index contributed by atoms with van der Waals surface area (Å²) in [6.07, 6.45) is 5.55. The van der Waals surface area contributed by atoms with Gasteiger partial charge in [0.05, 0.1) is 19.3 Å². The van der Waals surface area contributed by atoms with Crippen molar-refractivity contribution < 1.29 is 23.4 Å². The van der Waals surface area contributed by atoms with Gasteiger partial charge >= 0.3 is 6.09 Å². The molecule has 3 aliphatic rings. The minimum atomic E-state index is -0.533. The van der Waals surface area contributed by atoms with E-state index in [1.54, 1.807) is 26.4 Å². The predicted molar refractivity (Wildman–Crippen MR) is 111 cm³/mol. The highest BCUT2D eigenvalue weighted by Crippen LogP contribution is 2.44. The van der Waals surface area contributed by atoms with Crippen LogP contribution in [0.2, 0.25) is 0 Å². The smallest absolute Gasteiger partial charge is 0.410 e. The molecule has 7 heteroatoms. The fourth-order valence-corrected chi connectivity index (χ4v) is 5.81. The molecular formula is C23H33FN2O4. The van der Waals surface area contributed by atoms with E-state index >= 15 is 0 Å². The summed E-state index contributed by atoms with van der Waals surface area (Å²) in [5.74, 6) is 0.403. The molecular weight excluding hydrogens is 387 g/mol. The second kappa shape index (κ2) is 8.71. The van der Waals surface area contributed by atoms with Crippen molar-refractivity contribution in [3.8, 4) is 5.75 Å². The molecule has 0 saturated carbocycles. The van der Waals surface area contributed by atoms with E-state index in [0.717, 1.165) is 57.2 Å². The van der Waals surface area contributed by atoms with Crippen molar-refractivity contribution in [1.82, 2.24) is 9.80 Å². The number of likely N-dealkylation sites (tertiary alicyclic amines) is 1. The third-order valence-electron chi connectivity index (χ3n) is 7.35. The van der Waals surface area contributed by atoms with Crippen LogP contribution < -0.4 is 4.74 Å². The summed E-state index contributed by atoms with van der Waals surface area (Å²) < 4.78 is 30.8. The van der Waals surface area contributed by atoms with Crippen LogP contribution in [0, 0.1) is 5.82 Å². The number of amides is 1. The summed E-state index contributed by atoms with van der Waals surface area (Å²) in [4.78, 5) is 16.9. The van der Waals surface area contributed by atoms with Gasteiger partial charge in [-0.2, -0.15) is 0 Å². The van der Waals surface area contributed by atoms with Crippen molar-refractivity contribution >= 4 is 6.09 Å². The first kappa shape index (κ1) is 21.4. The SMILES string of the molecule is CCOC(=O)N1C2CCC1CC(N1CCC(OC)(c3cc(F)ccc3OC)CC1)C2. The Labute approximate surface area is 178 Å². The van der Waals surface area contributed by atoms with Gasteiger partial charge in [-0.15, -0.1) is 0 Å². The predicted octanol–water partition coefficient (Wildman–Crippen LogP) is 3.92. The average Bonchev–Trinajstić information content (AvgIpc) is 3.03. The van der Waals surface area contributed by atoms with Gasteiger partial charge in [-0.25, -0.2) is 9.18 Å². The first-order chi connectivity index (χ1) is 14.5. The van der Waals surface area contributed by atoms with E-state index < -0.39 is 5.60 Å². The number of hydrogen-bond donors (Lipinski definition) is 0. The molecule has 0 aliphatic carbocycles. The first-order valence-electron chi connectivity index (χ1n) is 11.1. The van der Waals surface area contributed by atoms with E-state index in [1.165, 1.54) is 6.07 Å². The minimum absolute atomic E-state index is 0.154. The number of ether oxygens (including phenoxy) is 3. The molecule has 2 unspecified atom stereocenters. The number of carbonyl (C=O) groups is 1. The fourth-order valence-electron chi connectivity index (χ4n) is 5.81. The summed E-state index contributed by atoms with van der Waals surface area (Å²) in [5.41, 5.74) is 0.263. The zero-order valence-corrected chi connectivity index (χ0v) is 18.2. The normalized spacial score (nSPS) is 28.4. The number of rotatable bonds is 5. The minimum Gasteiger partial charge on any atom is -0.496 e. The Hall–Kier alpha value is -1.86. The zero-order valence-electron chi connectivity index (χ0n) is 18.2. The topological polar surface area (TPSA) is 51.2 Å². The summed E-state index contributed by atoms with van der Waals surface area (Å²) in [5, 5.41) is 0. The molecule has 2 atom stereocenters. The lowest BCUT2D eigenvalue weighted by atomic mass is 9.82. The molecule has 3 saturated heterocycles. The number of fused-ring (bicyclic) bond motifs is 2. The molecule has 1 aromatic carbocycles. The van der Waals surface area contributed by atoms with Crippen LogP contribution >= 0.6 is 0 Å². The summed E-state index contributed by atoms with van der Waals surface area (Å²) in [6, 6.07) is 5.69. The maximum atomic E-state index is 14.0. The molecule has 3 fully saturated rings. The van der Waals surface area contributed by atoms with Gasteiger partial charge in [-0.05, 0) is 63.6 Å². The molecule has 166 valence electrons. The van der Waals surface area contributed by atoms with Crippen LogP contribution in [-0.2, 0) is 15.1 Å². The van der Waals surface area contributed by atoms with Crippen LogP contribution in [0.5, 0.6) is 5.75 Å². The largest absolute Gasteiger partial charge is 0.496 e. The average molecular weight is 421 g/mol. The van der Waals surface area contributed by atoms with E-state index in [1.807, 2.05) is 11.8 Å².